The normalized spacial score (nSPS) is 25.7. The van der Waals surface area contributed by atoms with Crippen molar-refractivity contribution in [1.29, 1.82) is 0 Å². The SMILES string of the molecule is CCC(C1CO1)C(C)(C)S(N)(=O)=O. The molecule has 0 radical (unpaired) electrons. The number of epoxide rings is 1. The van der Waals surface area contributed by atoms with Gasteiger partial charge in [0.25, 0.3) is 0 Å². The average Bonchev–Trinajstić information content (AvgIpc) is 2.69. The second kappa shape index (κ2) is 3.22. The zero-order chi connectivity index (χ0) is 10.3. The predicted molar refractivity (Wildman–Crippen MR) is 50.7 cm³/mol. The Hall–Kier alpha value is -0.130. The molecule has 2 unspecified atom stereocenters. The minimum Gasteiger partial charge on any atom is -0.373 e. The highest BCUT2D eigenvalue weighted by atomic mass is 32.2. The van der Waals surface area contributed by atoms with Gasteiger partial charge in [-0.3, -0.25) is 0 Å². The molecule has 5 heteroatoms. The molecule has 4 nitrogen and oxygen atoms in total. The van der Waals surface area contributed by atoms with Gasteiger partial charge in [0.15, 0.2) is 0 Å². The molecule has 1 rings (SSSR count). The highest BCUT2D eigenvalue weighted by molar-refractivity contribution is 7.90. The van der Waals surface area contributed by atoms with Gasteiger partial charge in [0.05, 0.1) is 17.5 Å². The molecule has 0 aliphatic carbocycles. The average molecular weight is 207 g/mol. The molecule has 0 aromatic rings. The summed E-state index contributed by atoms with van der Waals surface area (Å²) in [4.78, 5) is 0. The topological polar surface area (TPSA) is 72.7 Å². The molecule has 1 saturated heterocycles. The Morgan fingerprint density at radius 1 is 1.62 bits per heavy atom. The molecule has 2 atom stereocenters. The van der Waals surface area contributed by atoms with Gasteiger partial charge in [-0.15, -0.1) is 0 Å². The third-order valence-electron chi connectivity index (χ3n) is 2.87. The zero-order valence-corrected chi connectivity index (χ0v) is 9.10. The second-order valence-electron chi connectivity index (χ2n) is 4.03. The Morgan fingerprint density at radius 3 is 2.31 bits per heavy atom. The van der Waals surface area contributed by atoms with Crippen molar-refractivity contribution >= 4 is 10.0 Å². The van der Waals surface area contributed by atoms with Crippen molar-refractivity contribution in [2.75, 3.05) is 6.61 Å². The van der Waals surface area contributed by atoms with Crippen LogP contribution in [0.1, 0.15) is 27.2 Å². The van der Waals surface area contributed by atoms with Crippen LogP contribution in [0.4, 0.5) is 0 Å². The largest absolute Gasteiger partial charge is 0.373 e. The van der Waals surface area contributed by atoms with Gasteiger partial charge < -0.3 is 4.74 Å². The lowest BCUT2D eigenvalue weighted by atomic mass is 9.89. The Morgan fingerprint density at radius 2 is 2.08 bits per heavy atom. The van der Waals surface area contributed by atoms with Crippen LogP contribution in [0.15, 0.2) is 0 Å². The molecule has 0 bridgehead atoms. The predicted octanol–water partition coefficient (Wildman–Crippen LogP) is 0.479. The van der Waals surface area contributed by atoms with Gasteiger partial charge in [0, 0.05) is 5.92 Å². The fourth-order valence-electron chi connectivity index (χ4n) is 1.70. The van der Waals surface area contributed by atoms with Gasteiger partial charge in [-0.05, 0) is 20.3 Å². The molecule has 1 aliphatic rings. The van der Waals surface area contributed by atoms with Gasteiger partial charge in [0.1, 0.15) is 0 Å². The summed E-state index contributed by atoms with van der Waals surface area (Å²) < 4.78 is 26.9. The van der Waals surface area contributed by atoms with E-state index in [0.717, 1.165) is 6.42 Å². The number of sulfonamides is 1. The lowest BCUT2D eigenvalue weighted by Crippen LogP contribution is -2.46. The van der Waals surface area contributed by atoms with Gasteiger partial charge in [-0.1, -0.05) is 6.92 Å². The van der Waals surface area contributed by atoms with E-state index in [1.54, 1.807) is 13.8 Å². The molecule has 0 aromatic carbocycles. The van der Waals surface area contributed by atoms with Crippen LogP contribution in [0.5, 0.6) is 0 Å². The number of rotatable bonds is 4. The quantitative estimate of drug-likeness (QED) is 0.681. The van der Waals surface area contributed by atoms with E-state index in [2.05, 4.69) is 0 Å². The monoisotopic (exact) mass is 207 g/mol. The molecular weight excluding hydrogens is 190 g/mol. The maximum absolute atomic E-state index is 11.3. The van der Waals surface area contributed by atoms with Gasteiger partial charge in [-0.2, -0.15) is 0 Å². The third kappa shape index (κ3) is 2.03. The molecule has 0 aromatic heterocycles. The molecule has 78 valence electrons. The van der Waals surface area contributed by atoms with Crippen molar-refractivity contribution in [1.82, 2.24) is 0 Å². The highest BCUT2D eigenvalue weighted by Gasteiger charge is 2.47. The number of nitrogens with two attached hydrogens (primary N) is 1. The van der Waals surface area contributed by atoms with Crippen molar-refractivity contribution in [3.8, 4) is 0 Å². The van der Waals surface area contributed by atoms with Crippen LogP contribution < -0.4 is 5.14 Å². The Balaban J connectivity index is 2.88. The summed E-state index contributed by atoms with van der Waals surface area (Å²) in [6.07, 6.45) is 0.854. The Labute approximate surface area is 79.5 Å². The summed E-state index contributed by atoms with van der Waals surface area (Å²) in [6.45, 7) is 5.95. The van der Waals surface area contributed by atoms with E-state index in [4.69, 9.17) is 9.88 Å². The summed E-state index contributed by atoms with van der Waals surface area (Å²) in [5, 5.41) is 5.17. The summed E-state index contributed by atoms with van der Waals surface area (Å²) in [5.74, 6) is 0.00231. The van der Waals surface area contributed by atoms with Crippen molar-refractivity contribution < 1.29 is 13.2 Å². The lowest BCUT2D eigenvalue weighted by molar-refractivity contribution is 0.276. The number of ether oxygens (including phenoxy) is 1. The first-order valence-corrected chi connectivity index (χ1v) is 5.99. The van der Waals surface area contributed by atoms with Crippen molar-refractivity contribution in [2.45, 2.75) is 38.0 Å². The first-order valence-electron chi connectivity index (χ1n) is 4.44. The molecule has 1 fully saturated rings. The van der Waals surface area contributed by atoms with Gasteiger partial charge in [0.2, 0.25) is 10.0 Å². The van der Waals surface area contributed by atoms with Crippen molar-refractivity contribution in [3.63, 3.8) is 0 Å². The smallest absolute Gasteiger partial charge is 0.214 e. The fraction of sp³-hybridized carbons (Fsp3) is 1.00. The molecule has 0 saturated carbocycles. The summed E-state index contributed by atoms with van der Waals surface area (Å²) >= 11 is 0. The molecule has 0 spiro atoms. The van der Waals surface area contributed by atoms with E-state index in [0.29, 0.717) is 6.61 Å². The number of hydrogen-bond donors (Lipinski definition) is 1. The van der Waals surface area contributed by atoms with Crippen LogP contribution in [-0.2, 0) is 14.8 Å². The van der Waals surface area contributed by atoms with Crippen molar-refractivity contribution in [2.24, 2.45) is 11.1 Å². The third-order valence-corrected chi connectivity index (χ3v) is 4.64. The van der Waals surface area contributed by atoms with Crippen LogP contribution in [0.25, 0.3) is 0 Å². The number of primary sulfonamides is 1. The highest BCUT2D eigenvalue weighted by Crippen LogP contribution is 2.36. The molecule has 13 heavy (non-hydrogen) atoms. The molecule has 0 amide bonds. The molecule has 1 heterocycles. The van der Waals surface area contributed by atoms with Crippen LogP contribution >= 0.6 is 0 Å². The standard InChI is InChI=1S/C8H17NO3S/c1-4-6(7-5-12-7)8(2,3)13(9,10)11/h6-7H,4-5H2,1-3H3,(H2,9,10,11). The van der Waals surface area contributed by atoms with E-state index in [9.17, 15) is 8.42 Å². The maximum Gasteiger partial charge on any atom is 0.214 e. The Kier molecular flexibility index (Phi) is 2.71. The first kappa shape index (κ1) is 10.9. The van der Waals surface area contributed by atoms with E-state index in [1.807, 2.05) is 6.92 Å². The van der Waals surface area contributed by atoms with E-state index in [-0.39, 0.29) is 12.0 Å². The summed E-state index contributed by atoms with van der Waals surface area (Å²) in [5.41, 5.74) is 0. The van der Waals surface area contributed by atoms with Gasteiger partial charge in [-0.25, -0.2) is 13.6 Å². The lowest BCUT2D eigenvalue weighted by Gasteiger charge is -2.30. The van der Waals surface area contributed by atoms with E-state index < -0.39 is 14.8 Å². The fourth-order valence-corrected chi connectivity index (χ4v) is 2.44. The summed E-state index contributed by atoms with van der Waals surface area (Å²) in [6, 6.07) is 0. The first-order chi connectivity index (χ1) is 5.80. The van der Waals surface area contributed by atoms with Crippen LogP contribution in [0.2, 0.25) is 0 Å². The van der Waals surface area contributed by atoms with Crippen molar-refractivity contribution in [3.05, 3.63) is 0 Å². The number of hydrogen-bond acceptors (Lipinski definition) is 3. The maximum atomic E-state index is 11.3. The van der Waals surface area contributed by atoms with Crippen LogP contribution in [0, 0.1) is 5.92 Å². The van der Waals surface area contributed by atoms with Gasteiger partial charge >= 0.3 is 0 Å². The minimum absolute atomic E-state index is 0.00231. The van der Waals surface area contributed by atoms with Crippen LogP contribution in [0.3, 0.4) is 0 Å². The molecule has 2 N–H and O–H groups in total. The Bertz CT molecular complexity index is 280. The van der Waals surface area contributed by atoms with Crippen LogP contribution in [-0.4, -0.2) is 25.9 Å². The van der Waals surface area contributed by atoms with E-state index in [1.165, 1.54) is 0 Å². The second-order valence-corrected chi connectivity index (χ2v) is 6.18. The summed E-state index contributed by atoms with van der Waals surface area (Å²) in [7, 11) is -3.50. The molecular formula is C8H17NO3S. The van der Waals surface area contributed by atoms with E-state index >= 15 is 0 Å². The zero-order valence-electron chi connectivity index (χ0n) is 8.28. The minimum atomic E-state index is -3.50. The molecule has 1 aliphatic heterocycles.